The third kappa shape index (κ3) is 5.21. The Balaban J connectivity index is 2.61. The maximum atomic E-state index is 12.1. The smallest absolute Gasteiger partial charge is 0.303 e. The van der Waals surface area contributed by atoms with Gasteiger partial charge in [-0.25, -0.2) is 0 Å². The minimum absolute atomic E-state index is 0.0249. The van der Waals surface area contributed by atoms with Gasteiger partial charge < -0.3 is 10.4 Å². The highest BCUT2D eigenvalue weighted by molar-refractivity contribution is 5.78. The number of nitrogens with one attached hydrogen (secondary N) is 1. The van der Waals surface area contributed by atoms with Gasteiger partial charge in [-0.3, -0.25) is 9.59 Å². The molecule has 0 atom stereocenters. The van der Waals surface area contributed by atoms with E-state index in [0.717, 1.165) is 44.9 Å². The molecule has 0 spiro atoms. The van der Waals surface area contributed by atoms with Crippen LogP contribution in [0, 0.1) is 5.41 Å². The topological polar surface area (TPSA) is 66.4 Å². The number of rotatable bonds is 7. The fraction of sp³-hybridized carbons (Fsp3) is 0.867. The van der Waals surface area contributed by atoms with E-state index in [1.165, 1.54) is 0 Å². The number of hydrogen-bond acceptors (Lipinski definition) is 2. The van der Waals surface area contributed by atoms with Crippen molar-refractivity contribution in [2.75, 3.05) is 0 Å². The zero-order valence-electron chi connectivity index (χ0n) is 12.2. The molecule has 1 saturated carbocycles. The number of aliphatic carboxylic acids is 1. The van der Waals surface area contributed by atoms with Crippen molar-refractivity contribution in [1.82, 2.24) is 5.32 Å². The molecular formula is C15H27NO3. The molecule has 19 heavy (non-hydrogen) atoms. The summed E-state index contributed by atoms with van der Waals surface area (Å²) in [6.07, 6.45) is 7.35. The van der Waals surface area contributed by atoms with Gasteiger partial charge >= 0.3 is 5.97 Å². The highest BCUT2D eigenvalue weighted by Gasteiger charge is 2.36. The number of carboxylic acids is 1. The Morgan fingerprint density at radius 1 is 1.11 bits per heavy atom. The second kappa shape index (κ2) is 7.51. The van der Waals surface area contributed by atoms with Gasteiger partial charge in [-0.05, 0) is 31.1 Å². The fourth-order valence-electron chi connectivity index (χ4n) is 3.15. The van der Waals surface area contributed by atoms with Crippen LogP contribution in [0.4, 0.5) is 0 Å². The lowest BCUT2D eigenvalue weighted by Crippen LogP contribution is -2.39. The maximum Gasteiger partial charge on any atom is 0.303 e. The van der Waals surface area contributed by atoms with Crippen molar-refractivity contribution in [3.8, 4) is 0 Å². The van der Waals surface area contributed by atoms with E-state index >= 15 is 0 Å². The lowest BCUT2D eigenvalue weighted by molar-refractivity contribution is -0.141. The van der Waals surface area contributed by atoms with Gasteiger partial charge in [-0.15, -0.1) is 0 Å². The number of amides is 1. The van der Waals surface area contributed by atoms with E-state index in [1.54, 1.807) is 0 Å². The van der Waals surface area contributed by atoms with Crippen LogP contribution in [0.1, 0.15) is 71.6 Å². The van der Waals surface area contributed by atoms with E-state index in [-0.39, 0.29) is 23.8 Å². The van der Waals surface area contributed by atoms with E-state index in [9.17, 15) is 9.59 Å². The molecule has 0 unspecified atom stereocenters. The van der Waals surface area contributed by atoms with Gasteiger partial charge in [0.2, 0.25) is 5.91 Å². The highest BCUT2D eigenvalue weighted by atomic mass is 16.4. The Morgan fingerprint density at radius 3 is 2.16 bits per heavy atom. The number of carbonyl (C=O) groups is 2. The first-order chi connectivity index (χ1) is 9.01. The molecular weight excluding hydrogens is 242 g/mol. The molecule has 1 aliphatic carbocycles. The normalized spacial score (nSPS) is 18.3. The lowest BCUT2D eigenvalue weighted by Gasteiger charge is -2.36. The molecule has 1 fully saturated rings. The van der Waals surface area contributed by atoms with E-state index in [0.29, 0.717) is 6.42 Å². The van der Waals surface area contributed by atoms with Gasteiger partial charge in [-0.1, -0.05) is 33.1 Å². The monoisotopic (exact) mass is 269 g/mol. The van der Waals surface area contributed by atoms with Gasteiger partial charge in [0, 0.05) is 12.5 Å². The summed E-state index contributed by atoms with van der Waals surface area (Å²) in [5.74, 6) is -0.755. The minimum atomic E-state index is -0.780. The van der Waals surface area contributed by atoms with Gasteiger partial charge in [0.1, 0.15) is 0 Å². The van der Waals surface area contributed by atoms with Crippen LogP contribution in [-0.2, 0) is 9.59 Å². The summed E-state index contributed by atoms with van der Waals surface area (Å²) in [6.45, 7) is 4.12. The standard InChI is InChI=1S/C15H27NO3/c1-3-12(4-2)16-13(17)10-15(11-14(18)19)8-6-5-7-9-15/h12H,3-11H2,1-2H3,(H,16,17)(H,18,19). The Bertz CT molecular complexity index is 305. The third-order valence-corrected chi connectivity index (χ3v) is 4.33. The van der Waals surface area contributed by atoms with Crippen LogP contribution < -0.4 is 5.32 Å². The Hall–Kier alpha value is -1.06. The van der Waals surface area contributed by atoms with Crippen molar-refractivity contribution in [3.05, 3.63) is 0 Å². The third-order valence-electron chi connectivity index (χ3n) is 4.33. The number of carbonyl (C=O) groups excluding carboxylic acids is 1. The van der Waals surface area contributed by atoms with Crippen molar-refractivity contribution >= 4 is 11.9 Å². The molecule has 2 N–H and O–H groups in total. The molecule has 0 saturated heterocycles. The highest BCUT2D eigenvalue weighted by Crippen LogP contribution is 2.42. The first kappa shape index (κ1) is 16.0. The second-order valence-electron chi connectivity index (χ2n) is 5.89. The van der Waals surface area contributed by atoms with Crippen molar-refractivity contribution < 1.29 is 14.7 Å². The fourth-order valence-corrected chi connectivity index (χ4v) is 3.15. The molecule has 0 bridgehead atoms. The summed E-state index contributed by atoms with van der Waals surface area (Å²) < 4.78 is 0. The Labute approximate surface area is 116 Å². The molecule has 4 heteroatoms. The molecule has 1 amide bonds. The SMILES string of the molecule is CCC(CC)NC(=O)CC1(CC(=O)O)CCCCC1. The summed E-state index contributed by atoms with van der Waals surface area (Å²) in [5, 5.41) is 12.1. The van der Waals surface area contributed by atoms with Crippen molar-refractivity contribution in [2.45, 2.75) is 77.7 Å². The van der Waals surface area contributed by atoms with E-state index in [1.807, 2.05) is 0 Å². The van der Waals surface area contributed by atoms with Crippen LogP contribution in [0.3, 0.4) is 0 Å². The largest absolute Gasteiger partial charge is 0.481 e. The summed E-state index contributed by atoms with van der Waals surface area (Å²) in [5.41, 5.74) is -0.305. The molecule has 4 nitrogen and oxygen atoms in total. The first-order valence-electron chi connectivity index (χ1n) is 7.52. The van der Waals surface area contributed by atoms with Crippen LogP contribution in [0.15, 0.2) is 0 Å². The Morgan fingerprint density at radius 2 is 1.68 bits per heavy atom. The van der Waals surface area contributed by atoms with Crippen molar-refractivity contribution in [3.63, 3.8) is 0 Å². The van der Waals surface area contributed by atoms with Crippen LogP contribution in [0.2, 0.25) is 0 Å². The first-order valence-corrected chi connectivity index (χ1v) is 7.52. The van der Waals surface area contributed by atoms with Gasteiger partial charge in [0.05, 0.1) is 6.42 Å². The zero-order valence-corrected chi connectivity index (χ0v) is 12.2. The Kier molecular flexibility index (Phi) is 6.32. The summed E-state index contributed by atoms with van der Waals surface area (Å²) in [6, 6.07) is 0.220. The second-order valence-corrected chi connectivity index (χ2v) is 5.89. The quantitative estimate of drug-likeness (QED) is 0.746. The predicted octanol–water partition coefficient (Wildman–Crippen LogP) is 3.11. The molecule has 0 aliphatic heterocycles. The van der Waals surface area contributed by atoms with Crippen LogP contribution >= 0.6 is 0 Å². The molecule has 1 aliphatic rings. The lowest BCUT2D eigenvalue weighted by atomic mass is 9.69. The molecule has 110 valence electrons. The molecule has 0 aromatic heterocycles. The zero-order chi connectivity index (χ0) is 14.3. The van der Waals surface area contributed by atoms with E-state index in [2.05, 4.69) is 19.2 Å². The average Bonchev–Trinajstić information content (AvgIpc) is 2.35. The summed E-state index contributed by atoms with van der Waals surface area (Å²) >= 11 is 0. The minimum Gasteiger partial charge on any atom is -0.481 e. The van der Waals surface area contributed by atoms with Gasteiger partial charge in [0.25, 0.3) is 0 Å². The molecule has 0 aromatic carbocycles. The van der Waals surface area contributed by atoms with E-state index < -0.39 is 5.97 Å². The predicted molar refractivity (Wildman–Crippen MR) is 74.9 cm³/mol. The van der Waals surface area contributed by atoms with Crippen LogP contribution in [-0.4, -0.2) is 23.0 Å². The maximum absolute atomic E-state index is 12.1. The molecule has 0 aromatic rings. The summed E-state index contributed by atoms with van der Waals surface area (Å²) in [4.78, 5) is 23.2. The number of carboxylic acid groups (broad SMARTS) is 1. The van der Waals surface area contributed by atoms with Crippen LogP contribution in [0.25, 0.3) is 0 Å². The van der Waals surface area contributed by atoms with E-state index in [4.69, 9.17) is 5.11 Å². The number of hydrogen-bond donors (Lipinski definition) is 2. The van der Waals surface area contributed by atoms with Crippen LogP contribution in [0.5, 0.6) is 0 Å². The molecule has 0 radical (unpaired) electrons. The van der Waals surface area contributed by atoms with Crippen molar-refractivity contribution in [2.24, 2.45) is 5.41 Å². The van der Waals surface area contributed by atoms with Gasteiger partial charge in [0.15, 0.2) is 0 Å². The molecule has 0 heterocycles. The van der Waals surface area contributed by atoms with Gasteiger partial charge in [-0.2, -0.15) is 0 Å². The summed E-state index contributed by atoms with van der Waals surface area (Å²) in [7, 11) is 0. The van der Waals surface area contributed by atoms with Crippen molar-refractivity contribution in [1.29, 1.82) is 0 Å². The molecule has 1 rings (SSSR count). The average molecular weight is 269 g/mol.